The second-order valence-corrected chi connectivity index (χ2v) is 4.96. The van der Waals surface area contributed by atoms with Crippen molar-refractivity contribution in [3.8, 4) is 23.0 Å². The van der Waals surface area contributed by atoms with Gasteiger partial charge in [-0.2, -0.15) is 0 Å². The molecule has 0 aliphatic carbocycles. The molecular formula is C18H18O4. The van der Waals surface area contributed by atoms with Gasteiger partial charge in [-0.05, 0) is 34.9 Å². The van der Waals surface area contributed by atoms with E-state index < -0.39 is 0 Å². The van der Waals surface area contributed by atoms with Gasteiger partial charge in [-0.3, -0.25) is 0 Å². The van der Waals surface area contributed by atoms with Gasteiger partial charge in [0.15, 0.2) is 11.5 Å². The van der Waals surface area contributed by atoms with Crippen molar-refractivity contribution in [1.82, 2.24) is 0 Å². The van der Waals surface area contributed by atoms with Crippen LogP contribution in [0.25, 0.3) is 5.57 Å². The molecule has 22 heavy (non-hydrogen) atoms. The lowest BCUT2D eigenvalue weighted by atomic mass is 9.96. The summed E-state index contributed by atoms with van der Waals surface area (Å²) in [6.45, 7) is 0. The second-order valence-electron chi connectivity index (χ2n) is 4.96. The summed E-state index contributed by atoms with van der Waals surface area (Å²) in [4.78, 5) is 0. The van der Waals surface area contributed by atoms with E-state index in [1.54, 1.807) is 27.6 Å². The molecule has 1 heterocycles. The second kappa shape index (κ2) is 6.02. The highest BCUT2D eigenvalue weighted by Gasteiger charge is 2.18. The lowest BCUT2D eigenvalue weighted by molar-refractivity contribution is 0.324. The molecule has 0 saturated heterocycles. The Morgan fingerprint density at radius 3 is 2.23 bits per heavy atom. The standard InChI is InChI=1S/C18H18O4/c1-19-16-9-13(10-17(20-2)18(16)21-3)14-8-12-6-4-5-7-15(12)22-11-14/h4-7,9-11H,8H2,1-3H3. The van der Waals surface area contributed by atoms with Gasteiger partial charge in [0, 0.05) is 6.42 Å². The van der Waals surface area contributed by atoms with Crippen molar-refractivity contribution in [2.75, 3.05) is 21.3 Å². The normalized spacial score (nSPS) is 12.8. The van der Waals surface area contributed by atoms with E-state index in [4.69, 9.17) is 18.9 Å². The van der Waals surface area contributed by atoms with Gasteiger partial charge in [0.1, 0.15) is 5.75 Å². The summed E-state index contributed by atoms with van der Waals surface area (Å²) in [5.41, 5.74) is 3.22. The quantitative estimate of drug-likeness (QED) is 0.862. The van der Waals surface area contributed by atoms with Crippen molar-refractivity contribution in [2.24, 2.45) is 0 Å². The van der Waals surface area contributed by atoms with Crippen LogP contribution in [0, 0.1) is 0 Å². The highest BCUT2D eigenvalue weighted by molar-refractivity contribution is 5.73. The first-order valence-corrected chi connectivity index (χ1v) is 7.00. The van der Waals surface area contributed by atoms with Gasteiger partial charge in [-0.15, -0.1) is 0 Å². The minimum Gasteiger partial charge on any atom is -0.493 e. The molecule has 1 aliphatic rings. The molecule has 4 heteroatoms. The Morgan fingerprint density at radius 1 is 0.909 bits per heavy atom. The highest BCUT2D eigenvalue weighted by atomic mass is 16.5. The minimum atomic E-state index is 0.589. The molecule has 0 radical (unpaired) electrons. The first kappa shape index (κ1) is 14.3. The van der Waals surface area contributed by atoms with E-state index in [1.807, 2.05) is 30.3 Å². The fourth-order valence-electron chi connectivity index (χ4n) is 2.58. The molecule has 114 valence electrons. The van der Waals surface area contributed by atoms with Crippen molar-refractivity contribution in [1.29, 1.82) is 0 Å². The molecule has 3 rings (SSSR count). The van der Waals surface area contributed by atoms with Crippen LogP contribution in [0.4, 0.5) is 0 Å². The number of benzene rings is 2. The minimum absolute atomic E-state index is 0.589. The SMILES string of the molecule is COc1cc(C2=COc3ccccc3C2)cc(OC)c1OC. The predicted molar refractivity (Wildman–Crippen MR) is 84.8 cm³/mol. The largest absolute Gasteiger partial charge is 0.493 e. The maximum Gasteiger partial charge on any atom is 0.203 e. The van der Waals surface area contributed by atoms with Crippen LogP contribution in [0.3, 0.4) is 0 Å². The molecule has 2 aromatic carbocycles. The Hall–Kier alpha value is -2.62. The predicted octanol–water partition coefficient (Wildman–Crippen LogP) is 3.69. The van der Waals surface area contributed by atoms with Gasteiger partial charge >= 0.3 is 0 Å². The monoisotopic (exact) mass is 298 g/mol. The number of methoxy groups -OCH3 is 3. The van der Waals surface area contributed by atoms with Gasteiger partial charge in [0.25, 0.3) is 0 Å². The van der Waals surface area contributed by atoms with Crippen molar-refractivity contribution >= 4 is 5.57 Å². The Balaban J connectivity index is 2.01. The van der Waals surface area contributed by atoms with Crippen LogP contribution in [-0.4, -0.2) is 21.3 Å². The summed E-state index contributed by atoms with van der Waals surface area (Å²) in [5.74, 6) is 2.76. The van der Waals surface area contributed by atoms with Crippen molar-refractivity contribution in [3.05, 3.63) is 53.8 Å². The number of rotatable bonds is 4. The summed E-state index contributed by atoms with van der Waals surface area (Å²) in [7, 11) is 4.82. The topological polar surface area (TPSA) is 36.9 Å². The Bertz CT molecular complexity index is 694. The zero-order valence-electron chi connectivity index (χ0n) is 12.9. The average Bonchev–Trinajstić information content (AvgIpc) is 2.59. The first-order valence-electron chi connectivity index (χ1n) is 7.00. The molecule has 1 aliphatic heterocycles. The van der Waals surface area contributed by atoms with Gasteiger partial charge in [0.2, 0.25) is 5.75 Å². The van der Waals surface area contributed by atoms with E-state index in [0.29, 0.717) is 17.2 Å². The Morgan fingerprint density at radius 2 is 1.59 bits per heavy atom. The summed E-state index contributed by atoms with van der Waals surface area (Å²) < 4.78 is 21.9. The summed E-state index contributed by atoms with van der Waals surface area (Å²) >= 11 is 0. The van der Waals surface area contributed by atoms with Gasteiger partial charge in [0.05, 0.1) is 27.6 Å². The molecular weight excluding hydrogens is 280 g/mol. The molecule has 0 aromatic heterocycles. The zero-order chi connectivity index (χ0) is 15.5. The first-order chi connectivity index (χ1) is 10.8. The Kier molecular flexibility index (Phi) is 3.92. The van der Waals surface area contributed by atoms with Gasteiger partial charge in [-0.1, -0.05) is 18.2 Å². The van der Waals surface area contributed by atoms with E-state index in [0.717, 1.165) is 28.9 Å². The van der Waals surface area contributed by atoms with Crippen LogP contribution in [0.1, 0.15) is 11.1 Å². The molecule has 0 saturated carbocycles. The molecule has 4 nitrogen and oxygen atoms in total. The third-order valence-electron chi connectivity index (χ3n) is 3.72. The molecule has 0 spiro atoms. The smallest absolute Gasteiger partial charge is 0.203 e. The van der Waals surface area contributed by atoms with Crippen LogP contribution in [-0.2, 0) is 6.42 Å². The van der Waals surface area contributed by atoms with Crippen molar-refractivity contribution < 1.29 is 18.9 Å². The number of ether oxygens (including phenoxy) is 4. The maximum absolute atomic E-state index is 5.72. The average molecular weight is 298 g/mol. The molecule has 0 bridgehead atoms. The fourth-order valence-corrected chi connectivity index (χ4v) is 2.58. The van der Waals surface area contributed by atoms with E-state index >= 15 is 0 Å². The van der Waals surface area contributed by atoms with E-state index in [-0.39, 0.29) is 0 Å². The molecule has 0 unspecified atom stereocenters. The van der Waals surface area contributed by atoms with Crippen LogP contribution >= 0.6 is 0 Å². The maximum atomic E-state index is 5.72. The number of hydrogen-bond donors (Lipinski definition) is 0. The third kappa shape index (κ3) is 2.48. The molecule has 2 aromatic rings. The number of hydrogen-bond acceptors (Lipinski definition) is 4. The van der Waals surface area contributed by atoms with Crippen LogP contribution in [0.2, 0.25) is 0 Å². The molecule has 0 fully saturated rings. The zero-order valence-corrected chi connectivity index (χ0v) is 12.9. The van der Waals surface area contributed by atoms with Gasteiger partial charge in [-0.25, -0.2) is 0 Å². The summed E-state index contributed by atoms with van der Waals surface area (Å²) in [5, 5.41) is 0. The van der Waals surface area contributed by atoms with Crippen molar-refractivity contribution in [3.63, 3.8) is 0 Å². The van der Waals surface area contributed by atoms with E-state index in [1.165, 1.54) is 0 Å². The van der Waals surface area contributed by atoms with Crippen molar-refractivity contribution in [2.45, 2.75) is 6.42 Å². The molecule has 0 N–H and O–H groups in total. The lowest BCUT2D eigenvalue weighted by Gasteiger charge is -2.19. The third-order valence-corrected chi connectivity index (χ3v) is 3.72. The molecule has 0 atom stereocenters. The van der Waals surface area contributed by atoms with Crippen LogP contribution in [0.15, 0.2) is 42.7 Å². The van der Waals surface area contributed by atoms with Gasteiger partial charge < -0.3 is 18.9 Å². The van der Waals surface area contributed by atoms with Crippen LogP contribution < -0.4 is 18.9 Å². The molecule has 0 amide bonds. The van der Waals surface area contributed by atoms with E-state index in [2.05, 4.69) is 6.07 Å². The summed E-state index contributed by atoms with van der Waals surface area (Å²) in [6, 6.07) is 11.9. The lowest BCUT2D eigenvalue weighted by Crippen LogP contribution is -2.03. The van der Waals surface area contributed by atoms with E-state index in [9.17, 15) is 0 Å². The Labute approximate surface area is 129 Å². The fraction of sp³-hybridized carbons (Fsp3) is 0.222. The summed E-state index contributed by atoms with van der Waals surface area (Å²) in [6.07, 6.45) is 2.58. The number of para-hydroxylation sites is 1. The van der Waals surface area contributed by atoms with Crippen LogP contribution in [0.5, 0.6) is 23.0 Å². The highest BCUT2D eigenvalue weighted by Crippen LogP contribution is 2.41. The number of allylic oxidation sites excluding steroid dienone is 1. The number of fused-ring (bicyclic) bond motifs is 1.